The number of hydrogen-bond donors (Lipinski definition) is 2. The SMILES string of the molecule is CCCCCCCCN(C(=O)OC(C)(C)C)c1cc(N(CCCCCCCC)C(=O)OC(C)(C)C)c(N)cc1N. The van der Waals surface area contributed by atoms with Crippen LogP contribution >= 0.6 is 0 Å². The lowest BCUT2D eigenvalue weighted by Crippen LogP contribution is -2.39. The molecule has 0 radical (unpaired) electrons. The molecular formula is C32H58N4O4. The number of benzene rings is 1. The molecule has 2 amide bonds. The normalized spacial score (nSPS) is 11.8. The Bertz CT molecular complexity index is 836. The molecule has 0 aliphatic heterocycles. The molecule has 0 bridgehead atoms. The molecule has 1 rings (SSSR count). The molecule has 1 aromatic carbocycles. The highest BCUT2D eigenvalue weighted by Crippen LogP contribution is 2.36. The molecule has 0 saturated heterocycles. The average Bonchev–Trinajstić information content (AvgIpc) is 2.82. The Labute approximate surface area is 244 Å². The van der Waals surface area contributed by atoms with Crippen molar-refractivity contribution in [2.24, 2.45) is 0 Å². The van der Waals surface area contributed by atoms with E-state index in [0.717, 1.165) is 38.5 Å². The standard InChI is InChI=1S/C32H58N4O4/c1-9-11-13-15-17-19-21-35(29(37)39-31(3,4)5)27-24-28(26(34)23-25(27)33)36(30(38)40-32(6,7)8)22-20-18-16-14-12-10-2/h23-24H,9-22,33-34H2,1-8H3. The van der Waals surface area contributed by atoms with Crippen molar-refractivity contribution in [3.8, 4) is 0 Å². The van der Waals surface area contributed by atoms with E-state index in [4.69, 9.17) is 20.9 Å². The number of hydrogen-bond acceptors (Lipinski definition) is 6. The largest absolute Gasteiger partial charge is 0.443 e. The minimum Gasteiger partial charge on any atom is -0.443 e. The number of anilines is 4. The van der Waals surface area contributed by atoms with Crippen LogP contribution in [0.1, 0.15) is 132 Å². The minimum atomic E-state index is -0.664. The maximum absolute atomic E-state index is 13.4. The Kier molecular flexibility index (Phi) is 15.2. The second-order valence-corrected chi connectivity index (χ2v) is 12.8. The van der Waals surface area contributed by atoms with Gasteiger partial charge in [0, 0.05) is 13.1 Å². The molecule has 0 spiro atoms. The van der Waals surface area contributed by atoms with Crippen molar-refractivity contribution in [2.45, 2.75) is 144 Å². The number of carbonyl (C=O) groups excluding carboxylic acids is 2. The zero-order valence-electron chi connectivity index (χ0n) is 26.7. The zero-order valence-corrected chi connectivity index (χ0v) is 26.7. The molecule has 8 nitrogen and oxygen atoms in total. The molecular weight excluding hydrogens is 504 g/mol. The van der Waals surface area contributed by atoms with Crippen molar-refractivity contribution in [1.82, 2.24) is 0 Å². The lowest BCUT2D eigenvalue weighted by molar-refractivity contribution is 0.0571. The van der Waals surface area contributed by atoms with Crippen LogP contribution in [-0.2, 0) is 9.47 Å². The van der Waals surface area contributed by atoms with Gasteiger partial charge in [0.1, 0.15) is 11.2 Å². The zero-order chi connectivity index (χ0) is 30.3. The molecule has 8 heteroatoms. The minimum absolute atomic E-state index is 0.363. The van der Waals surface area contributed by atoms with Crippen LogP contribution in [0.4, 0.5) is 32.3 Å². The first-order valence-corrected chi connectivity index (χ1v) is 15.4. The van der Waals surface area contributed by atoms with E-state index in [-0.39, 0.29) is 0 Å². The van der Waals surface area contributed by atoms with Gasteiger partial charge in [-0.05, 0) is 66.5 Å². The third kappa shape index (κ3) is 13.6. The van der Waals surface area contributed by atoms with E-state index in [1.807, 2.05) is 41.5 Å². The second-order valence-electron chi connectivity index (χ2n) is 12.8. The van der Waals surface area contributed by atoms with E-state index in [1.165, 1.54) is 38.5 Å². The third-order valence-electron chi connectivity index (χ3n) is 6.46. The van der Waals surface area contributed by atoms with Gasteiger partial charge in [-0.1, -0.05) is 78.1 Å². The molecule has 0 aliphatic carbocycles. The van der Waals surface area contributed by atoms with Crippen LogP contribution in [0.2, 0.25) is 0 Å². The number of nitrogen functional groups attached to an aromatic ring is 2. The van der Waals surface area contributed by atoms with Gasteiger partial charge in [0.2, 0.25) is 0 Å². The van der Waals surface area contributed by atoms with Gasteiger partial charge in [-0.25, -0.2) is 9.59 Å². The highest BCUT2D eigenvalue weighted by atomic mass is 16.6. The lowest BCUT2D eigenvalue weighted by atomic mass is 10.1. The van der Waals surface area contributed by atoms with Gasteiger partial charge >= 0.3 is 12.2 Å². The first-order valence-electron chi connectivity index (χ1n) is 15.4. The summed E-state index contributed by atoms with van der Waals surface area (Å²) in [5.41, 5.74) is 13.3. The van der Waals surface area contributed by atoms with Gasteiger partial charge < -0.3 is 20.9 Å². The Hall–Kier alpha value is -2.64. The smallest absolute Gasteiger partial charge is 0.414 e. The van der Waals surface area contributed by atoms with Crippen LogP contribution in [-0.4, -0.2) is 36.5 Å². The van der Waals surface area contributed by atoms with Crippen LogP contribution in [0.25, 0.3) is 0 Å². The molecule has 1 aromatic rings. The van der Waals surface area contributed by atoms with Gasteiger partial charge in [-0.2, -0.15) is 0 Å². The van der Waals surface area contributed by atoms with Crippen molar-refractivity contribution >= 4 is 34.9 Å². The summed E-state index contributed by atoms with van der Waals surface area (Å²) in [6.07, 6.45) is 12.1. The molecule has 0 aromatic heterocycles. The molecule has 0 heterocycles. The Balaban J connectivity index is 3.35. The summed E-state index contributed by atoms with van der Waals surface area (Å²) in [6.45, 7) is 16.4. The fourth-order valence-electron chi connectivity index (χ4n) is 4.43. The van der Waals surface area contributed by atoms with Crippen molar-refractivity contribution in [2.75, 3.05) is 34.4 Å². The summed E-state index contributed by atoms with van der Waals surface area (Å²) in [4.78, 5) is 29.9. The van der Waals surface area contributed by atoms with E-state index in [9.17, 15) is 9.59 Å². The van der Waals surface area contributed by atoms with E-state index < -0.39 is 23.4 Å². The van der Waals surface area contributed by atoms with Gasteiger partial charge in [-0.3, -0.25) is 9.80 Å². The van der Waals surface area contributed by atoms with Gasteiger partial charge in [-0.15, -0.1) is 0 Å². The first kappa shape index (κ1) is 35.4. The summed E-state index contributed by atoms with van der Waals surface area (Å²) >= 11 is 0. The Morgan fingerprint density at radius 2 is 0.925 bits per heavy atom. The topological polar surface area (TPSA) is 111 Å². The number of nitrogens with two attached hydrogens (primary N) is 2. The highest BCUT2D eigenvalue weighted by Gasteiger charge is 2.29. The monoisotopic (exact) mass is 562 g/mol. The van der Waals surface area contributed by atoms with Gasteiger partial charge in [0.05, 0.1) is 22.7 Å². The summed E-state index contributed by atoms with van der Waals surface area (Å²) in [6, 6.07) is 3.37. The molecule has 40 heavy (non-hydrogen) atoms. The molecule has 0 fully saturated rings. The molecule has 4 N–H and O–H groups in total. The van der Waals surface area contributed by atoms with Crippen molar-refractivity contribution in [1.29, 1.82) is 0 Å². The van der Waals surface area contributed by atoms with Gasteiger partial charge in [0.15, 0.2) is 0 Å². The third-order valence-corrected chi connectivity index (χ3v) is 6.46. The number of unbranched alkanes of at least 4 members (excludes halogenated alkanes) is 10. The molecule has 230 valence electrons. The van der Waals surface area contributed by atoms with Crippen molar-refractivity contribution in [3.63, 3.8) is 0 Å². The highest BCUT2D eigenvalue weighted by molar-refractivity contribution is 5.99. The predicted molar refractivity (Wildman–Crippen MR) is 169 cm³/mol. The van der Waals surface area contributed by atoms with Crippen LogP contribution in [0.15, 0.2) is 12.1 Å². The molecule has 0 atom stereocenters. The van der Waals surface area contributed by atoms with Gasteiger partial charge in [0.25, 0.3) is 0 Å². The second kappa shape index (κ2) is 17.2. The summed E-state index contributed by atoms with van der Waals surface area (Å²) < 4.78 is 11.5. The van der Waals surface area contributed by atoms with Crippen LogP contribution in [0.5, 0.6) is 0 Å². The predicted octanol–water partition coefficient (Wildman–Crippen LogP) is 9.06. The summed E-state index contributed by atoms with van der Waals surface area (Å²) in [7, 11) is 0. The summed E-state index contributed by atoms with van der Waals surface area (Å²) in [5, 5.41) is 0. The van der Waals surface area contributed by atoms with Crippen LogP contribution in [0, 0.1) is 0 Å². The van der Waals surface area contributed by atoms with E-state index in [1.54, 1.807) is 21.9 Å². The number of amides is 2. The van der Waals surface area contributed by atoms with E-state index in [2.05, 4.69) is 13.8 Å². The summed E-state index contributed by atoms with van der Waals surface area (Å²) in [5.74, 6) is 0. The fraction of sp³-hybridized carbons (Fsp3) is 0.750. The molecule has 0 saturated carbocycles. The number of rotatable bonds is 16. The van der Waals surface area contributed by atoms with Crippen molar-refractivity contribution < 1.29 is 19.1 Å². The average molecular weight is 563 g/mol. The number of nitrogens with zero attached hydrogens (tertiary/aromatic N) is 2. The van der Waals surface area contributed by atoms with E-state index >= 15 is 0 Å². The lowest BCUT2D eigenvalue weighted by Gasteiger charge is -2.31. The fourth-order valence-corrected chi connectivity index (χ4v) is 4.43. The molecule has 0 aliphatic rings. The maximum Gasteiger partial charge on any atom is 0.414 e. The maximum atomic E-state index is 13.4. The van der Waals surface area contributed by atoms with E-state index in [0.29, 0.717) is 35.8 Å². The first-order chi connectivity index (χ1) is 18.7. The Morgan fingerprint density at radius 1 is 0.600 bits per heavy atom. The molecule has 0 unspecified atom stereocenters. The number of carbonyl (C=O) groups is 2. The van der Waals surface area contributed by atoms with Crippen LogP contribution in [0.3, 0.4) is 0 Å². The number of ether oxygens (including phenoxy) is 2. The Morgan fingerprint density at radius 3 is 1.25 bits per heavy atom. The van der Waals surface area contributed by atoms with Crippen LogP contribution < -0.4 is 21.3 Å². The van der Waals surface area contributed by atoms with Crippen molar-refractivity contribution in [3.05, 3.63) is 12.1 Å². The quantitative estimate of drug-likeness (QED) is 0.153.